The van der Waals surface area contributed by atoms with Gasteiger partial charge in [-0.25, -0.2) is 0 Å². The maximum atomic E-state index is 12.8. The Bertz CT molecular complexity index is 2290. The highest BCUT2D eigenvalue weighted by Gasteiger charge is 2.23. The first-order valence-electron chi connectivity index (χ1n) is 61.9. The van der Waals surface area contributed by atoms with Gasteiger partial charge in [0.2, 0.25) is 0 Å². The second-order valence-electron chi connectivity index (χ2n) is 42.4. The van der Waals surface area contributed by atoms with Crippen molar-refractivity contribution < 1.29 is 57.2 Å². The minimum Gasteiger partial charge on any atom is -0.462 e. The van der Waals surface area contributed by atoms with Crippen molar-refractivity contribution in [2.75, 3.05) is 0 Å². The van der Waals surface area contributed by atoms with Crippen LogP contribution in [0.2, 0.25) is 0 Å². The third-order valence-corrected chi connectivity index (χ3v) is 28.4. The lowest BCUT2D eigenvalue weighted by molar-refractivity contribution is -0.156. The van der Waals surface area contributed by atoms with E-state index in [-0.39, 0.29) is 98.1 Å². The zero-order valence-corrected chi connectivity index (χ0v) is 94.1. The van der Waals surface area contributed by atoms with Gasteiger partial charge in [-0.3, -0.25) is 28.8 Å². The normalized spacial score (nSPS) is 12.3. The van der Waals surface area contributed by atoms with Gasteiger partial charge in [0, 0.05) is 12.8 Å². The Hall–Kier alpha value is -3.18. The number of carbonyl (C=O) groups is 6. The molecule has 0 aliphatic heterocycles. The maximum Gasteiger partial charge on any atom is 0.306 e. The number of carbonyl (C=O) groups excluding carboxylic acids is 6. The summed E-state index contributed by atoms with van der Waals surface area (Å²) in [5, 5.41) is 0. The standard InChI is InChI=1S/C46H90O4.C40H78O4.C38H74O4/c1-5-9-13-17-22-28-34-40-43(37-31-25-16-12-8-4)49-45(47)41-35-29-23-20-21-24-30-36-42-46(48)50-44(38-32-26-18-14-10-6-2)39-33-27-19-15-11-7-3;1-5-9-13-17-21-25-29-33-37(31-27-23-19-15-11-7-3)43-39(41)35-36-40(42)44-38(32-28-24-20-16-12-8-4)34-30-26-22-18-14-10-6-2;1-5-9-13-17-20-24-28-32-35(29-25-21-16-12-8-4)41-37(39)33-34-38(40)42-36(30-26-22-18-14-10-6-2)31-27-23-19-15-11-7-3/h43-44H,5-42H2,1-4H3;37-38H,5-36H2,1-4H3;35-36H,5-34H2,1-4H3. The first kappa shape index (κ1) is 137. The molecule has 0 rings (SSSR count). The molecule has 12 heteroatoms. The molecular formula is C124H242O12. The van der Waals surface area contributed by atoms with Gasteiger partial charge < -0.3 is 28.4 Å². The second-order valence-corrected chi connectivity index (χ2v) is 42.4. The summed E-state index contributed by atoms with van der Waals surface area (Å²) in [5.74, 6) is -0.839. The fourth-order valence-corrected chi connectivity index (χ4v) is 19.2. The smallest absolute Gasteiger partial charge is 0.306 e. The van der Waals surface area contributed by atoms with Crippen LogP contribution < -0.4 is 0 Å². The van der Waals surface area contributed by atoms with E-state index >= 15 is 0 Å². The molecule has 0 aromatic carbocycles. The van der Waals surface area contributed by atoms with Gasteiger partial charge in [0.15, 0.2) is 0 Å². The monoisotopic (exact) mass is 1920 g/mol. The van der Waals surface area contributed by atoms with E-state index in [2.05, 4.69) is 83.1 Å². The summed E-state index contributed by atoms with van der Waals surface area (Å²) in [6.45, 7) is 27.1. The molecule has 0 saturated heterocycles. The van der Waals surface area contributed by atoms with Crippen molar-refractivity contribution in [3.8, 4) is 0 Å². The van der Waals surface area contributed by atoms with Gasteiger partial charge in [0.1, 0.15) is 36.6 Å². The summed E-state index contributed by atoms with van der Waals surface area (Å²) in [6.07, 6.45) is 116. The van der Waals surface area contributed by atoms with Crippen LogP contribution in [-0.4, -0.2) is 72.4 Å². The molecule has 0 amide bonds. The van der Waals surface area contributed by atoms with E-state index in [9.17, 15) is 28.8 Å². The van der Waals surface area contributed by atoms with E-state index in [4.69, 9.17) is 28.4 Å². The molecule has 0 N–H and O–H groups in total. The summed E-state index contributed by atoms with van der Waals surface area (Å²) in [4.78, 5) is 76.5. The average molecular weight is 1930 g/mol. The lowest BCUT2D eigenvalue weighted by Gasteiger charge is -2.19. The Labute approximate surface area is 849 Å². The van der Waals surface area contributed by atoms with E-state index in [1.54, 1.807) is 0 Å². The van der Waals surface area contributed by atoms with Crippen LogP contribution in [0.3, 0.4) is 0 Å². The second kappa shape index (κ2) is 117. The van der Waals surface area contributed by atoms with Crippen LogP contribution in [0, 0.1) is 0 Å². The van der Waals surface area contributed by atoms with Crippen LogP contribution in [0.15, 0.2) is 0 Å². The van der Waals surface area contributed by atoms with Gasteiger partial charge >= 0.3 is 35.8 Å². The van der Waals surface area contributed by atoms with Crippen LogP contribution in [0.1, 0.15) is 725 Å². The van der Waals surface area contributed by atoms with Gasteiger partial charge in [-0.05, 0) is 167 Å². The predicted octanol–water partition coefficient (Wildman–Crippen LogP) is 41.7. The molecule has 0 aliphatic carbocycles. The molecule has 0 heterocycles. The van der Waals surface area contributed by atoms with Crippen LogP contribution >= 0.6 is 0 Å². The Morgan fingerprint density at radius 2 is 0.191 bits per heavy atom. The number of esters is 6. The SMILES string of the molecule is CCCCCCCCCC(CCCCCCC)OC(=O)CCC(=O)OC(CCCCCCCC)CCCCCCCC.CCCCCCCCCC(CCCCCCC)OC(=O)CCCCCCCCCCC(=O)OC(CCCCCCCC)CCCCCCCC.CCCCCCCCCC(CCCCCCCC)OC(=O)CCC(=O)OC(CCCCCCCC)CCCCCCCCC. The first-order chi connectivity index (χ1) is 66.7. The number of ether oxygens (including phenoxy) is 6. The zero-order chi connectivity index (χ0) is 99.9. The molecule has 0 aliphatic rings. The lowest BCUT2D eigenvalue weighted by Crippen LogP contribution is -2.21. The summed E-state index contributed by atoms with van der Waals surface area (Å²) in [7, 11) is 0. The summed E-state index contributed by atoms with van der Waals surface area (Å²) in [5.41, 5.74) is 0. The molecule has 0 fully saturated rings. The molecule has 12 nitrogen and oxygen atoms in total. The zero-order valence-electron chi connectivity index (χ0n) is 94.1. The van der Waals surface area contributed by atoms with E-state index in [1.807, 2.05) is 0 Å². The van der Waals surface area contributed by atoms with Crippen molar-refractivity contribution in [1.82, 2.24) is 0 Å². The summed E-state index contributed by atoms with van der Waals surface area (Å²) >= 11 is 0. The van der Waals surface area contributed by atoms with Gasteiger partial charge in [-0.2, -0.15) is 0 Å². The molecule has 0 saturated carbocycles. The Kier molecular flexibility index (Phi) is 118. The molecule has 0 aromatic heterocycles. The molecular weight excluding hydrogens is 1680 g/mol. The fraction of sp³-hybridized carbons (Fsp3) is 0.952. The molecule has 810 valence electrons. The molecule has 4 unspecified atom stereocenters. The highest BCUT2D eigenvalue weighted by molar-refractivity contribution is 5.78. The molecule has 0 radical (unpaired) electrons. The molecule has 0 spiro atoms. The summed E-state index contributed by atoms with van der Waals surface area (Å²) < 4.78 is 35.8. The van der Waals surface area contributed by atoms with Gasteiger partial charge in [0.05, 0.1) is 25.7 Å². The van der Waals surface area contributed by atoms with Crippen LogP contribution in [-0.2, 0) is 57.2 Å². The minimum atomic E-state index is -0.225. The van der Waals surface area contributed by atoms with Crippen molar-refractivity contribution in [1.29, 1.82) is 0 Å². The average Bonchev–Trinajstić information content (AvgIpc) is 0.946. The van der Waals surface area contributed by atoms with E-state index in [0.717, 1.165) is 154 Å². The van der Waals surface area contributed by atoms with E-state index in [1.165, 1.54) is 449 Å². The quantitative estimate of drug-likeness (QED) is 0.0323. The Balaban J connectivity index is -0.00000196. The Morgan fingerprint density at radius 3 is 0.294 bits per heavy atom. The fourth-order valence-electron chi connectivity index (χ4n) is 19.2. The van der Waals surface area contributed by atoms with Crippen LogP contribution in [0.5, 0.6) is 0 Å². The van der Waals surface area contributed by atoms with E-state index in [0.29, 0.717) is 12.8 Å². The maximum absolute atomic E-state index is 12.8. The topological polar surface area (TPSA) is 158 Å². The molecule has 136 heavy (non-hydrogen) atoms. The lowest BCUT2D eigenvalue weighted by atomic mass is 10.0. The van der Waals surface area contributed by atoms with Crippen molar-refractivity contribution in [3.63, 3.8) is 0 Å². The number of unbranched alkanes of at least 4 members (excludes halogenated alkanes) is 69. The van der Waals surface area contributed by atoms with Gasteiger partial charge in [-0.15, -0.1) is 0 Å². The molecule has 4 atom stereocenters. The number of hydrogen-bond acceptors (Lipinski definition) is 12. The van der Waals surface area contributed by atoms with Gasteiger partial charge in [-0.1, -0.05) is 520 Å². The molecule has 0 bridgehead atoms. The highest BCUT2D eigenvalue weighted by Crippen LogP contribution is 2.28. The van der Waals surface area contributed by atoms with Crippen molar-refractivity contribution >= 4 is 35.8 Å². The largest absolute Gasteiger partial charge is 0.462 e. The third-order valence-electron chi connectivity index (χ3n) is 28.4. The van der Waals surface area contributed by atoms with Gasteiger partial charge in [0.25, 0.3) is 0 Å². The van der Waals surface area contributed by atoms with Crippen molar-refractivity contribution in [2.24, 2.45) is 0 Å². The number of hydrogen-bond donors (Lipinski definition) is 0. The third kappa shape index (κ3) is 110. The van der Waals surface area contributed by atoms with Crippen LogP contribution in [0.25, 0.3) is 0 Å². The van der Waals surface area contributed by atoms with Crippen LogP contribution in [0.4, 0.5) is 0 Å². The minimum absolute atomic E-state index is 0.000865. The van der Waals surface area contributed by atoms with E-state index < -0.39 is 0 Å². The summed E-state index contributed by atoms with van der Waals surface area (Å²) in [6, 6.07) is 0. The first-order valence-corrected chi connectivity index (χ1v) is 61.9. The molecule has 0 aromatic rings. The van der Waals surface area contributed by atoms with Crippen molar-refractivity contribution in [2.45, 2.75) is 762 Å². The number of rotatable bonds is 109. The van der Waals surface area contributed by atoms with Crippen molar-refractivity contribution in [3.05, 3.63) is 0 Å². The Morgan fingerprint density at radius 1 is 0.110 bits per heavy atom. The predicted molar refractivity (Wildman–Crippen MR) is 589 cm³/mol. The highest BCUT2D eigenvalue weighted by atomic mass is 16.6.